The molecule has 12 heteroatoms. The molecular weight excluding hydrogens is 436 g/mol. The van der Waals surface area contributed by atoms with Crippen molar-refractivity contribution in [3.63, 3.8) is 0 Å². The molecule has 0 bridgehead atoms. The molecule has 2 aromatic carbocycles. The molecule has 0 aliphatic heterocycles. The fourth-order valence-corrected chi connectivity index (χ4v) is 3.16. The van der Waals surface area contributed by atoms with Crippen molar-refractivity contribution in [1.82, 2.24) is 0 Å². The van der Waals surface area contributed by atoms with Crippen molar-refractivity contribution in [1.29, 1.82) is 0 Å². The highest BCUT2D eigenvalue weighted by Gasteiger charge is 2.46. The molecule has 0 fully saturated rings. The van der Waals surface area contributed by atoms with Crippen LogP contribution in [-0.2, 0) is 16.2 Å². The zero-order chi connectivity index (χ0) is 22.9. The van der Waals surface area contributed by atoms with E-state index in [2.05, 4.69) is 5.10 Å². The number of anilines is 2. The summed E-state index contributed by atoms with van der Waals surface area (Å²) in [5, 5.41) is 4.94. The number of benzene rings is 2. The van der Waals surface area contributed by atoms with E-state index in [-0.39, 0.29) is 17.0 Å². The number of nitrogens with zero attached hydrogens (tertiary/aromatic N) is 2. The van der Waals surface area contributed by atoms with Crippen molar-refractivity contribution in [3.8, 4) is 0 Å². The molecule has 0 amide bonds. The summed E-state index contributed by atoms with van der Waals surface area (Å²) in [6, 6.07) is 8.51. The number of aryl methyl sites for hydroxylation is 1. The van der Waals surface area contributed by atoms with Gasteiger partial charge in [0.05, 0.1) is 22.6 Å². The largest absolute Gasteiger partial charge is 0.516 e. The van der Waals surface area contributed by atoms with Crippen molar-refractivity contribution in [2.24, 2.45) is 5.10 Å². The molecule has 0 aromatic heterocycles. The van der Waals surface area contributed by atoms with Crippen LogP contribution in [0.3, 0.4) is 0 Å². The average Bonchev–Trinajstić information content (AvgIpc) is 2.61. The number of hydrogen-bond donors (Lipinski definition) is 1. The van der Waals surface area contributed by atoms with Crippen LogP contribution in [0.15, 0.2) is 47.6 Å². The summed E-state index contributed by atoms with van der Waals surface area (Å²) in [6.07, 6.45) is -4.65. The van der Waals surface area contributed by atoms with Crippen LogP contribution in [0.2, 0.25) is 0 Å². The minimum absolute atomic E-state index is 0.00180. The number of halogens is 6. The molecule has 0 heterocycles. The highest BCUT2D eigenvalue weighted by molar-refractivity contribution is 7.93. The Balaban J connectivity index is 2.50. The fourth-order valence-electron chi connectivity index (χ4n) is 2.58. The van der Waals surface area contributed by atoms with E-state index >= 15 is 0 Å². The highest BCUT2D eigenvalue weighted by Crippen LogP contribution is 2.36. The third-order valence-electron chi connectivity index (χ3n) is 3.97. The zero-order valence-corrected chi connectivity index (χ0v) is 16.7. The molecule has 0 saturated carbocycles. The minimum Gasteiger partial charge on any atom is -0.275 e. The van der Waals surface area contributed by atoms with Crippen LogP contribution in [0.4, 0.5) is 37.7 Å². The van der Waals surface area contributed by atoms with Gasteiger partial charge in [-0.25, -0.2) is 0 Å². The third kappa shape index (κ3) is 5.23. The summed E-state index contributed by atoms with van der Waals surface area (Å²) in [5.74, 6) is 0. The van der Waals surface area contributed by atoms with Crippen molar-refractivity contribution >= 4 is 27.1 Å². The number of hydrogen-bond acceptors (Lipinski definition) is 4. The number of alkyl halides is 6. The SMILES string of the molecule is C/C(=N\N(C)c1ccccc1C(F)(F)F)c1cc(C)ccc1NS(=O)(=O)C(F)(F)F. The van der Waals surface area contributed by atoms with Gasteiger partial charge >= 0.3 is 21.7 Å². The smallest absolute Gasteiger partial charge is 0.275 e. The van der Waals surface area contributed by atoms with Gasteiger partial charge in [-0.15, -0.1) is 0 Å². The lowest BCUT2D eigenvalue weighted by molar-refractivity contribution is -0.137. The van der Waals surface area contributed by atoms with Crippen molar-refractivity contribution in [2.45, 2.75) is 25.5 Å². The summed E-state index contributed by atoms with van der Waals surface area (Å²) in [6.45, 7) is 2.95. The van der Waals surface area contributed by atoms with Crippen LogP contribution < -0.4 is 9.73 Å². The molecule has 0 atom stereocenters. The number of rotatable bonds is 5. The molecule has 5 nitrogen and oxygen atoms in total. The Morgan fingerprint density at radius 1 is 1.03 bits per heavy atom. The zero-order valence-electron chi connectivity index (χ0n) is 15.9. The predicted molar refractivity (Wildman–Crippen MR) is 102 cm³/mol. The lowest BCUT2D eigenvalue weighted by Gasteiger charge is -2.21. The van der Waals surface area contributed by atoms with Crippen LogP contribution in [0.1, 0.15) is 23.6 Å². The van der Waals surface area contributed by atoms with E-state index in [0.29, 0.717) is 5.56 Å². The van der Waals surface area contributed by atoms with E-state index < -0.39 is 33.0 Å². The Morgan fingerprint density at radius 3 is 2.20 bits per heavy atom. The highest BCUT2D eigenvalue weighted by atomic mass is 32.2. The molecule has 0 radical (unpaired) electrons. The van der Waals surface area contributed by atoms with Crippen LogP contribution in [0.5, 0.6) is 0 Å². The first-order chi connectivity index (χ1) is 13.6. The monoisotopic (exact) mass is 453 g/mol. The van der Waals surface area contributed by atoms with Gasteiger partial charge in [0.1, 0.15) is 0 Å². The maximum atomic E-state index is 13.2. The van der Waals surface area contributed by atoms with Gasteiger partial charge < -0.3 is 0 Å². The van der Waals surface area contributed by atoms with Gasteiger partial charge in [0.2, 0.25) is 0 Å². The maximum absolute atomic E-state index is 13.2. The Labute approximate surface area is 169 Å². The van der Waals surface area contributed by atoms with Gasteiger partial charge in [0.25, 0.3) is 0 Å². The molecule has 30 heavy (non-hydrogen) atoms. The molecule has 0 aliphatic rings. The Bertz CT molecular complexity index is 1060. The summed E-state index contributed by atoms with van der Waals surface area (Å²) < 4.78 is 102. The molecule has 0 aliphatic carbocycles. The van der Waals surface area contributed by atoms with Crippen LogP contribution in [-0.4, -0.2) is 26.7 Å². The van der Waals surface area contributed by atoms with Gasteiger partial charge in [0, 0.05) is 12.6 Å². The second-order valence-corrected chi connectivity index (χ2v) is 8.00. The second-order valence-electron chi connectivity index (χ2n) is 6.32. The predicted octanol–water partition coefficient (Wildman–Crippen LogP) is 5.14. The Kier molecular flexibility index (Phi) is 6.40. The Hall–Kier alpha value is -2.76. The third-order valence-corrected chi connectivity index (χ3v) is 5.07. The first-order valence-corrected chi connectivity index (χ1v) is 9.77. The van der Waals surface area contributed by atoms with Gasteiger partial charge in [-0.1, -0.05) is 23.8 Å². The lowest BCUT2D eigenvalue weighted by Crippen LogP contribution is -2.30. The van der Waals surface area contributed by atoms with E-state index in [1.807, 2.05) is 0 Å². The standard InChI is InChI=1S/C18H17F6N3O2S/c1-11-8-9-15(26-30(28,29)18(22,23)24)13(10-11)12(2)25-27(3)16-7-5-4-6-14(16)17(19,20)21/h4-10,26H,1-3H3/b25-12+. The van der Waals surface area contributed by atoms with Gasteiger partial charge in [-0.3, -0.25) is 9.73 Å². The minimum atomic E-state index is -5.69. The van der Waals surface area contributed by atoms with E-state index in [4.69, 9.17) is 0 Å². The molecule has 0 unspecified atom stereocenters. The second kappa shape index (κ2) is 8.17. The van der Waals surface area contributed by atoms with Crippen molar-refractivity contribution in [2.75, 3.05) is 16.8 Å². The molecule has 2 rings (SSSR count). The number of hydrazone groups is 1. The quantitative estimate of drug-likeness (QED) is 0.388. The van der Waals surface area contributed by atoms with Crippen LogP contribution in [0, 0.1) is 6.92 Å². The summed E-state index contributed by atoms with van der Waals surface area (Å²) in [7, 11) is -4.45. The molecule has 0 spiro atoms. The number of para-hydroxylation sites is 1. The summed E-state index contributed by atoms with van der Waals surface area (Å²) in [4.78, 5) is 0. The van der Waals surface area contributed by atoms with Crippen molar-refractivity contribution < 1.29 is 34.8 Å². The Morgan fingerprint density at radius 2 is 1.63 bits per heavy atom. The average molecular weight is 453 g/mol. The van der Waals surface area contributed by atoms with Crippen LogP contribution in [0.25, 0.3) is 0 Å². The first kappa shape index (κ1) is 23.5. The molecule has 1 N–H and O–H groups in total. The van der Waals surface area contributed by atoms with E-state index in [1.165, 1.54) is 49.0 Å². The molecule has 0 saturated heterocycles. The van der Waals surface area contributed by atoms with E-state index in [0.717, 1.165) is 17.1 Å². The topological polar surface area (TPSA) is 61.8 Å². The first-order valence-electron chi connectivity index (χ1n) is 8.29. The van der Waals surface area contributed by atoms with E-state index in [9.17, 15) is 34.8 Å². The fraction of sp³-hybridized carbons (Fsp3) is 0.278. The normalized spacial score (nSPS) is 13.3. The lowest BCUT2D eigenvalue weighted by atomic mass is 10.1. The van der Waals surface area contributed by atoms with Crippen molar-refractivity contribution in [3.05, 3.63) is 59.2 Å². The van der Waals surface area contributed by atoms with Crippen LogP contribution >= 0.6 is 0 Å². The molecule has 2 aromatic rings. The van der Waals surface area contributed by atoms with Gasteiger partial charge in [-0.2, -0.15) is 39.9 Å². The number of nitrogens with one attached hydrogen (secondary N) is 1. The van der Waals surface area contributed by atoms with E-state index in [1.54, 1.807) is 6.92 Å². The maximum Gasteiger partial charge on any atom is 0.516 e. The summed E-state index contributed by atoms with van der Waals surface area (Å²) >= 11 is 0. The van der Waals surface area contributed by atoms with Gasteiger partial charge in [0.15, 0.2) is 0 Å². The molecule has 164 valence electrons. The summed E-state index contributed by atoms with van der Waals surface area (Å²) in [5.41, 5.74) is -6.62. The number of sulfonamides is 1. The van der Waals surface area contributed by atoms with Gasteiger partial charge in [-0.05, 0) is 38.1 Å². The molecular formula is C18H17F6N3O2S.